The lowest BCUT2D eigenvalue weighted by Gasteiger charge is -2.35. The van der Waals surface area contributed by atoms with Gasteiger partial charge in [-0.3, -0.25) is 0 Å². The summed E-state index contributed by atoms with van der Waals surface area (Å²) in [5.41, 5.74) is 0.463. The number of hydrogen-bond donors (Lipinski definition) is 1. The lowest BCUT2D eigenvalue weighted by Crippen LogP contribution is -2.45. The zero-order valence-corrected chi connectivity index (χ0v) is 14.3. The number of sulfonamides is 1. The molecule has 4 nitrogen and oxygen atoms in total. The molecule has 1 heterocycles. The highest BCUT2D eigenvalue weighted by atomic mass is 79.9. The lowest BCUT2D eigenvalue weighted by molar-refractivity contribution is -0.0599. The number of benzene rings is 1. The van der Waals surface area contributed by atoms with Crippen LogP contribution in [-0.4, -0.2) is 26.7 Å². The molecule has 0 aromatic heterocycles. The number of aryl methyl sites for hydroxylation is 1. The molecule has 1 aliphatic rings. The molecule has 0 bridgehead atoms. The first-order valence-electron chi connectivity index (χ1n) is 6.62. The average Bonchev–Trinajstić information content (AvgIpc) is 2.30. The zero-order valence-electron chi connectivity index (χ0n) is 11.9. The molecule has 6 heteroatoms. The standard InChI is InChI=1S/C14H20BrNO3S/c1-10-4-5-11(15)8-13(10)20(17,18)16-12-6-7-19-14(2,3)9-12/h4-5,8,12,16H,6-7,9H2,1-3H3. The number of hydrogen-bond acceptors (Lipinski definition) is 3. The highest BCUT2D eigenvalue weighted by molar-refractivity contribution is 9.10. The van der Waals surface area contributed by atoms with Crippen molar-refractivity contribution >= 4 is 26.0 Å². The largest absolute Gasteiger partial charge is 0.375 e. The Morgan fingerprint density at radius 1 is 1.40 bits per heavy atom. The quantitative estimate of drug-likeness (QED) is 0.900. The fourth-order valence-electron chi connectivity index (χ4n) is 2.48. The van der Waals surface area contributed by atoms with Gasteiger partial charge < -0.3 is 4.74 Å². The minimum atomic E-state index is -3.50. The van der Waals surface area contributed by atoms with Gasteiger partial charge in [-0.1, -0.05) is 22.0 Å². The monoisotopic (exact) mass is 361 g/mol. The number of ether oxygens (including phenoxy) is 1. The van der Waals surface area contributed by atoms with Gasteiger partial charge in [0.15, 0.2) is 0 Å². The zero-order chi connectivity index (χ0) is 15.0. The van der Waals surface area contributed by atoms with Gasteiger partial charge in [0.2, 0.25) is 10.0 Å². The molecule has 2 rings (SSSR count). The molecule has 1 aliphatic heterocycles. The lowest BCUT2D eigenvalue weighted by atomic mass is 9.95. The predicted octanol–water partition coefficient (Wildman–Crippen LogP) is 2.99. The van der Waals surface area contributed by atoms with Gasteiger partial charge in [-0.15, -0.1) is 0 Å². The van der Waals surface area contributed by atoms with Gasteiger partial charge in [0, 0.05) is 17.1 Å². The summed E-state index contributed by atoms with van der Waals surface area (Å²) in [6.45, 7) is 6.35. The molecule has 0 saturated carbocycles. The van der Waals surface area contributed by atoms with Crippen molar-refractivity contribution < 1.29 is 13.2 Å². The van der Waals surface area contributed by atoms with Gasteiger partial charge in [0.05, 0.1) is 10.5 Å². The van der Waals surface area contributed by atoms with Gasteiger partial charge in [-0.2, -0.15) is 0 Å². The third kappa shape index (κ3) is 3.81. The van der Waals surface area contributed by atoms with E-state index < -0.39 is 10.0 Å². The van der Waals surface area contributed by atoms with Crippen molar-refractivity contribution in [1.29, 1.82) is 0 Å². The van der Waals surface area contributed by atoms with Crippen LogP contribution in [0.1, 0.15) is 32.3 Å². The Morgan fingerprint density at radius 3 is 2.75 bits per heavy atom. The minimum absolute atomic E-state index is 0.0814. The maximum atomic E-state index is 12.5. The van der Waals surface area contributed by atoms with Crippen molar-refractivity contribution in [3.05, 3.63) is 28.2 Å². The Morgan fingerprint density at radius 2 is 2.10 bits per heavy atom. The second-order valence-electron chi connectivity index (χ2n) is 5.83. The van der Waals surface area contributed by atoms with E-state index in [0.717, 1.165) is 10.0 Å². The van der Waals surface area contributed by atoms with Gasteiger partial charge in [-0.05, 0) is 51.3 Å². The first kappa shape index (κ1) is 15.9. The Balaban J connectivity index is 2.21. The predicted molar refractivity (Wildman–Crippen MR) is 82.3 cm³/mol. The van der Waals surface area contributed by atoms with Gasteiger partial charge in [0.1, 0.15) is 0 Å². The average molecular weight is 362 g/mol. The summed E-state index contributed by atoms with van der Waals surface area (Å²) in [4.78, 5) is 0.330. The number of halogens is 1. The van der Waals surface area contributed by atoms with Crippen molar-refractivity contribution in [3.63, 3.8) is 0 Å². The SMILES string of the molecule is Cc1ccc(Br)cc1S(=O)(=O)NC1CCOC(C)(C)C1. The third-order valence-corrected chi connectivity index (χ3v) is 5.61. The van der Waals surface area contributed by atoms with Crippen LogP contribution in [-0.2, 0) is 14.8 Å². The van der Waals surface area contributed by atoms with E-state index in [2.05, 4.69) is 20.7 Å². The number of rotatable bonds is 3. The summed E-state index contributed by atoms with van der Waals surface area (Å²) in [7, 11) is -3.50. The molecule has 1 aromatic carbocycles. The van der Waals surface area contributed by atoms with E-state index in [4.69, 9.17) is 4.74 Å². The normalized spacial score (nSPS) is 22.7. The van der Waals surface area contributed by atoms with Crippen molar-refractivity contribution in [2.45, 2.75) is 50.2 Å². The summed E-state index contributed by atoms with van der Waals surface area (Å²) in [5.74, 6) is 0. The van der Waals surface area contributed by atoms with Crippen LogP contribution in [0.25, 0.3) is 0 Å². The summed E-state index contributed by atoms with van der Waals surface area (Å²) in [6.07, 6.45) is 1.38. The van der Waals surface area contributed by atoms with Crippen molar-refractivity contribution in [3.8, 4) is 0 Å². The second-order valence-corrected chi connectivity index (χ2v) is 8.43. The minimum Gasteiger partial charge on any atom is -0.375 e. The van der Waals surface area contributed by atoms with Crippen LogP contribution in [0, 0.1) is 6.92 Å². The fraction of sp³-hybridized carbons (Fsp3) is 0.571. The maximum absolute atomic E-state index is 12.5. The van der Waals surface area contributed by atoms with E-state index >= 15 is 0 Å². The molecule has 1 aromatic rings. The highest BCUT2D eigenvalue weighted by Gasteiger charge is 2.32. The van der Waals surface area contributed by atoms with Crippen molar-refractivity contribution in [2.75, 3.05) is 6.61 Å². The molecule has 0 radical (unpaired) electrons. The maximum Gasteiger partial charge on any atom is 0.241 e. The van der Waals surface area contributed by atoms with Crippen molar-refractivity contribution in [1.82, 2.24) is 4.72 Å². The molecule has 0 amide bonds. The van der Waals surface area contributed by atoms with Crippen LogP contribution in [0.3, 0.4) is 0 Å². The molecule has 0 aliphatic carbocycles. The molecule has 0 spiro atoms. The second kappa shape index (κ2) is 5.75. The van der Waals surface area contributed by atoms with Crippen LogP contribution in [0.2, 0.25) is 0 Å². The first-order valence-corrected chi connectivity index (χ1v) is 8.90. The van der Waals surface area contributed by atoms with Crippen LogP contribution in [0.5, 0.6) is 0 Å². The summed E-state index contributed by atoms with van der Waals surface area (Å²) in [5, 5.41) is 0. The van der Waals surface area contributed by atoms with E-state index in [1.807, 2.05) is 19.9 Å². The highest BCUT2D eigenvalue weighted by Crippen LogP contribution is 2.26. The Kier molecular flexibility index (Phi) is 4.59. The van der Waals surface area contributed by atoms with Crippen LogP contribution in [0.15, 0.2) is 27.6 Å². The molecule has 1 saturated heterocycles. The Bertz CT molecular complexity index is 598. The van der Waals surface area contributed by atoms with E-state index in [1.54, 1.807) is 19.1 Å². The molecule has 1 unspecified atom stereocenters. The molecule has 1 N–H and O–H groups in total. The van der Waals surface area contributed by atoms with Crippen LogP contribution in [0.4, 0.5) is 0 Å². The van der Waals surface area contributed by atoms with E-state index in [1.165, 1.54) is 0 Å². The van der Waals surface area contributed by atoms with Gasteiger partial charge in [-0.25, -0.2) is 13.1 Å². The Labute approximate surface area is 129 Å². The molecule has 20 heavy (non-hydrogen) atoms. The van der Waals surface area contributed by atoms with E-state index in [9.17, 15) is 8.42 Å². The molecule has 1 fully saturated rings. The first-order chi connectivity index (χ1) is 9.20. The Hall–Kier alpha value is -0.430. The molecular weight excluding hydrogens is 342 g/mol. The third-order valence-electron chi connectivity index (χ3n) is 3.46. The summed E-state index contributed by atoms with van der Waals surface area (Å²) >= 11 is 3.32. The molecule has 1 atom stereocenters. The summed E-state index contributed by atoms with van der Waals surface area (Å²) in [6, 6.07) is 5.20. The summed E-state index contributed by atoms with van der Waals surface area (Å²) < 4.78 is 34.2. The van der Waals surface area contributed by atoms with Crippen LogP contribution < -0.4 is 4.72 Å². The fourth-order valence-corrected chi connectivity index (χ4v) is 4.53. The molecule has 112 valence electrons. The van der Waals surface area contributed by atoms with Crippen LogP contribution >= 0.6 is 15.9 Å². The van der Waals surface area contributed by atoms with Crippen molar-refractivity contribution in [2.24, 2.45) is 0 Å². The molecular formula is C14H20BrNO3S. The van der Waals surface area contributed by atoms with E-state index in [-0.39, 0.29) is 11.6 Å². The topological polar surface area (TPSA) is 55.4 Å². The van der Waals surface area contributed by atoms with E-state index in [0.29, 0.717) is 24.3 Å². The smallest absolute Gasteiger partial charge is 0.241 e. The number of nitrogens with one attached hydrogen (secondary N) is 1. The van der Waals surface area contributed by atoms with Gasteiger partial charge >= 0.3 is 0 Å². The van der Waals surface area contributed by atoms with Gasteiger partial charge in [0.25, 0.3) is 0 Å².